The predicted octanol–water partition coefficient (Wildman–Crippen LogP) is 5.59. The Bertz CT molecular complexity index is 1580. The number of hydrazine groups is 1. The van der Waals surface area contributed by atoms with Crippen molar-refractivity contribution >= 4 is 39.8 Å². The summed E-state index contributed by atoms with van der Waals surface area (Å²) >= 11 is 0. The molecule has 1 heterocycles. The van der Waals surface area contributed by atoms with Gasteiger partial charge in [-0.3, -0.25) is 19.6 Å². The van der Waals surface area contributed by atoms with E-state index in [-0.39, 0.29) is 24.0 Å². The Labute approximate surface area is 265 Å². The summed E-state index contributed by atoms with van der Waals surface area (Å²) in [6.45, 7) is 11.7. The zero-order valence-corrected chi connectivity index (χ0v) is 26.1. The van der Waals surface area contributed by atoms with Crippen LogP contribution in [0.15, 0.2) is 110 Å². The van der Waals surface area contributed by atoms with Crippen LogP contribution in [0.1, 0.15) is 25.5 Å². The Hall–Kier alpha value is -4.86. The van der Waals surface area contributed by atoms with E-state index in [0.717, 1.165) is 43.1 Å². The Morgan fingerprint density at radius 3 is 2.22 bits per heavy atom. The molecular formula is C36H43N7O2. The first-order valence-corrected chi connectivity index (χ1v) is 15.5. The maximum atomic E-state index is 13.6. The van der Waals surface area contributed by atoms with E-state index < -0.39 is 0 Å². The van der Waals surface area contributed by atoms with E-state index in [2.05, 4.69) is 51.3 Å². The number of benzene rings is 4. The van der Waals surface area contributed by atoms with E-state index in [1.54, 1.807) is 0 Å². The third-order valence-corrected chi connectivity index (χ3v) is 8.23. The van der Waals surface area contributed by atoms with Crippen molar-refractivity contribution in [3.8, 4) is 0 Å². The normalized spacial score (nSPS) is 14.2. The predicted molar refractivity (Wildman–Crippen MR) is 184 cm³/mol. The molecule has 4 N–H and O–H groups in total. The van der Waals surface area contributed by atoms with Crippen LogP contribution in [0.5, 0.6) is 0 Å². The molecule has 9 heteroatoms. The summed E-state index contributed by atoms with van der Waals surface area (Å²) in [6.07, 6.45) is 1.48. The fourth-order valence-electron chi connectivity index (χ4n) is 5.72. The van der Waals surface area contributed by atoms with Gasteiger partial charge in [0.25, 0.3) is 0 Å². The lowest BCUT2D eigenvalue weighted by atomic mass is 10.0. The van der Waals surface area contributed by atoms with Crippen LogP contribution in [0.4, 0.5) is 21.9 Å². The van der Waals surface area contributed by atoms with Crippen molar-refractivity contribution < 1.29 is 9.59 Å². The molecule has 234 valence electrons. The highest BCUT2D eigenvalue weighted by atomic mass is 16.2. The number of carbonyl (C=O) groups is 2. The quantitative estimate of drug-likeness (QED) is 0.0894. The number of carbonyl (C=O) groups excluding carboxylic acids is 2. The van der Waals surface area contributed by atoms with Crippen molar-refractivity contribution in [1.82, 2.24) is 15.2 Å². The number of nitrogens with zero attached hydrogens (tertiary/aromatic N) is 4. The molecule has 1 atom stereocenters. The number of hydrogen-bond donors (Lipinski definition) is 3. The van der Waals surface area contributed by atoms with Crippen LogP contribution in [-0.4, -0.2) is 67.2 Å². The summed E-state index contributed by atoms with van der Waals surface area (Å²) in [5.41, 5.74) is 3.80. The van der Waals surface area contributed by atoms with E-state index in [4.69, 9.17) is 5.84 Å². The van der Waals surface area contributed by atoms with Crippen LogP contribution in [0.25, 0.3) is 10.8 Å². The van der Waals surface area contributed by atoms with E-state index >= 15 is 0 Å². The second kappa shape index (κ2) is 14.7. The molecule has 1 aliphatic rings. The zero-order chi connectivity index (χ0) is 31.8. The minimum Gasteiger partial charge on any atom is -0.383 e. The van der Waals surface area contributed by atoms with Gasteiger partial charge in [0, 0.05) is 68.3 Å². The highest BCUT2D eigenvalue weighted by Crippen LogP contribution is 2.27. The number of urea groups is 1. The zero-order valence-electron chi connectivity index (χ0n) is 26.1. The highest BCUT2D eigenvalue weighted by Gasteiger charge is 2.30. The van der Waals surface area contributed by atoms with Gasteiger partial charge >= 0.3 is 6.03 Å². The lowest BCUT2D eigenvalue weighted by molar-refractivity contribution is -0.126. The van der Waals surface area contributed by atoms with Crippen LogP contribution >= 0.6 is 0 Å². The minimum atomic E-state index is -0.374. The molecule has 1 fully saturated rings. The number of rotatable bonds is 11. The van der Waals surface area contributed by atoms with Gasteiger partial charge in [0.2, 0.25) is 5.91 Å². The number of piperazine rings is 1. The van der Waals surface area contributed by atoms with Crippen LogP contribution in [-0.2, 0) is 4.79 Å². The van der Waals surface area contributed by atoms with Crippen LogP contribution < -0.4 is 26.3 Å². The summed E-state index contributed by atoms with van der Waals surface area (Å²) in [4.78, 5) is 32.4. The summed E-state index contributed by atoms with van der Waals surface area (Å²) in [7, 11) is 0. The molecule has 0 spiro atoms. The molecule has 9 nitrogen and oxygen atoms in total. The topological polar surface area (TPSA) is 97.2 Å². The molecule has 0 aromatic heterocycles. The second-order valence-corrected chi connectivity index (χ2v) is 11.4. The first-order chi connectivity index (χ1) is 21.9. The molecule has 4 aromatic rings. The summed E-state index contributed by atoms with van der Waals surface area (Å²) < 4.78 is 0. The van der Waals surface area contributed by atoms with Crippen molar-refractivity contribution in [2.24, 2.45) is 5.84 Å². The number of nitrogens with one attached hydrogen (secondary N) is 2. The van der Waals surface area contributed by atoms with Gasteiger partial charge in [-0.1, -0.05) is 73.3 Å². The molecule has 3 amide bonds. The van der Waals surface area contributed by atoms with Gasteiger partial charge in [-0.2, -0.15) is 0 Å². The van der Waals surface area contributed by atoms with E-state index in [0.29, 0.717) is 18.8 Å². The summed E-state index contributed by atoms with van der Waals surface area (Å²) in [5, 5.41) is 10.2. The molecule has 1 saturated heterocycles. The van der Waals surface area contributed by atoms with Crippen LogP contribution in [0, 0.1) is 0 Å². The monoisotopic (exact) mass is 605 g/mol. The van der Waals surface area contributed by atoms with Crippen molar-refractivity contribution in [3.05, 3.63) is 115 Å². The molecule has 5 rings (SSSR count). The number of hydrogen-bond acceptors (Lipinski definition) is 6. The van der Waals surface area contributed by atoms with E-state index in [1.165, 1.54) is 26.9 Å². The van der Waals surface area contributed by atoms with Crippen molar-refractivity contribution in [3.63, 3.8) is 0 Å². The lowest BCUT2D eigenvalue weighted by Gasteiger charge is -2.40. The van der Waals surface area contributed by atoms with E-state index in [9.17, 15) is 9.59 Å². The summed E-state index contributed by atoms with van der Waals surface area (Å²) in [5.74, 6) is 5.95. The van der Waals surface area contributed by atoms with Gasteiger partial charge < -0.3 is 15.5 Å². The lowest BCUT2D eigenvalue weighted by Crippen LogP contribution is -2.51. The van der Waals surface area contributed by atoms with Gasteiger partial charge in [-0.25, -0.2) is 10.6 Å². The van der Waals surface area contributed by atoms with Crippen molar-refractivity contribution in [1.29, 1.82) is 0 Å². The Balaban J connectivity index is 1.19. The minimum absolute atomic E-state index is 0.00301. The molecular weight excluding hydrogens is 562 g/mol. The molecule has 0 bridgehead atoms. The fourth-order valence-corrected chi connectivity index (χ4v) is 5.72. The highest BCUT2D eigenvalue weighted by molar-refractivity contribution is 5.94. The number of amides is 3. The number of fused-ring (bicyclic) bond motifs is 1. The van der Waals surface area contributed by atoms with E-state index in [1.807, 2.05) is 86.6 Å². The third-order valence-electron chi connectivity index (χ3n) is 8.23. The Morgan fingerprint density at radius 2 is 1.53 bits per heavy atom. The van der Waals surface area contributed by atoms with Crippen LogP contribution in [0.2, 0.25) is 0 Å². The largest absolute Gasteiger partial charge is 0.383 e. The summed E-state index contributed by atoms with van der Waals surface area (Å²) in [6, 6.07) is 31.5. The second-order valence-electron chi connectivity index (χ2n) is 11.4. The smallest absolute Gasteiger partial charge is 0.342 e. The molecule has 0 aliphatic carbocycles. The van der Waals surface area contributed by atoms with Gasteiger partial charge in [0.05, 0.1) is 5.69 Å². The average molecular weight is 606 g/mol. The molecule has 4 aromatic carbocycles. The Kier molecular flexibility index (Phi) is 10.3. The molecule has 1 unspecified atom stereocenters. The van der Waals surface area contributed by atoms with Gasteiger partial charge in [0.1, 0.15) is 6.04 Å². The third kappa shape index (κ3) is 7.45. The maximum absolute atomic E-state index is 13.6. The SMILES string of the molecule is C=CN(C(=O)N(N)C(C)C)c1ccc(N2CCN(C(C(=O)NCCNc3cccc4ccccc34)c3ccccc3)CC2)cc1. The Morgan fingerprint density at radius 1 is 0.867 bits per heavy atom. The molecule has 0 saturated carbocycles. The maximum Gasteiger partial charge on any atom is 0.342 e. The standard InChI is InChI=1S/C36H43N7O2/c1-4-42(36(45)43(37)27(2)3)31-19-17-30(18-20-31)40-23-25-41(26-24-40)34(29-12-6-5-7-13-29)35(44)39-22-21-38-33-16-10-14-28-11-8-9-15-32(28)33/h4-20,27,34,38H,1,21-26,37H2,2-3H3,(H,39,44). The first kappa shape index (κ1) is 31.6. The average Bonchev–Trinajstić information content (AvgIpc) is 3.08. The molecule has 1 aliphatic heterocycles. The fraction of sp³-hybridized carbons (Fsp3) is 0.278. The number of anilines is 3. The first-order valence-electron chi connectivity index (χ1n) is 15.5. The number of nitrogens with two attached hydrogens (primary N) is 1. The van der Waals surface area contributed by atoms with Gasteiger partial charge in [0.15, 0.2) is 0 Å². The van der Waals surface area contributed by atoms with Gasteiger partial charge in [-0.15, -0.1) is 0 Å². The molecule has 0 radical (unpaired) electrons. The molecule has 45 heavy (non-hydrogen) atoms. The van der Waals surface area contributed by atoms with Gasteiger partial charge in [-0.05, 0) is 55.1 Å². The van der Waals surface area contributed by atoms with Crippen molar-refractivity contribution in [2.75, 3.05) is 54.4 Å². The van der Waals surface area contributed by atoms with Crippen LogP contribution in [0.3, 0.4) is 0 Å². The van der Waals surface area contributed by atoms with Crippen molar-refractivity contribution in [2.45, 2.75) is 25.9 Å².